The number of hydrogen-bond acceptors (Lipinski definition) is 2. The molecule has 0 aliphatic rings. The van der Waals surface area contributed by atoms with Crippen molar-refractivity contribution in [2.45, 2.75) is 39.7 Å². The molecule has 0 unspecified atom stereocenters. The average molecular weight is 233 g/mol. The van der Waals surface area contributed by atoms with Crippen LogP contribution in [0.5, 0.6) is 0 Å². The van der Waals surface area contributed by atoms with Gasteiger partial charge < -0.3 is 4.90 Å². The molecular weight excluding hydrogens is 210 g/mol. The summed E-state index contributed by atoms with van der Waals surface area (Å²) in [5, 5.41) is 0. The zero-order chi connectivity index (χ0) is 12.7. The van der Waals surface area contributed by atoms with Gasteiger partial charge in [-0.3, -0.25) is 4.79 Å². The van der Waals surface area contributed by atoms with Gasteiger partial charge >= 0.3 is 0 Å². The third-order valence-corrected chi connectivity index (χ3v) is 2.96. The topological polar surface area (TPSA) is 20.3 Å². The normalized spacial score (nSPS) is 11.1. The highest BCUT2D eigenvalue weighted by molar-refractivity contribution is 5.96. The average Bonchev–Trinajstić information content (AvgIpc) is 2.34. The van der Waals surface area contributed by atoms with Gasteiger partial charge in [0, 0.05) is 24.6 Å². The molecule has 1 aromatic carbocycles. The van der Waals surface area contributed by atoms with Gasteiger partial charge in [0.1, 0.15) is 0 Å². The molecule has 0 amide bonds. The van der Waals surface area contributed by atoms with E-state index in [1.54, 1.807) is 0 Å². The Morgan fingerprint density at radius 3 is 2.35 bits per heavy atom. The monoisotopic (exact) mass is 233 g/mol. The summed E-state index contributed by atoms with van der Waals surface area (Å²) in [6.45, 7) is 8.47. The Balaban J connectivity index is 2.47. The van der Waals surface area contributed by atoms with Crippen molar-refractivity contribution in [3.8, 4) is 0 Å². The molecule has 0 fully saturated rings. The van der Waals surface area contributed by atoms with Gasteiger partial charge in [0.15, 0.2) is 5.78 Å². The van der Waals surface area contributed by atoms with Crippen molar-refractivity contribution in [3.63, 3.8) is 0 Å². The lowest BCUT2D eigenvalue weighted by molar-refractivity contribution is 0.0955. The van der Waals surface area contributed by atoms with Crippen LogP contribution in [0.4, 0.5) is 0 Å². The first-order chi connectivity index (χ1) is 8.15. The maximum atomic E-state index is 11.9. The Labute approximate surface area is 105 Å². The van der Waals surface area contributed by atoms with Crippen molar-refractivity contribution >= 4 is 5.78 Å². The second-order valence-electron chi connectivity index (χ2n) is 4.67. The van der Waals surface area contributed by atoms with Gasteiger partial charge in [-0.05, 0) is 26.8 Å². The van der Waals surface area contributed by atoms with Gasteiger partial charge in [-0.25, -0.2) is 0 Å². The molecule has 17 heavy (non-hydrogen) atoms. The smallest absolute Gasteiger partial charge is 0.164 e. The fourth-order valence-corrected chi connectivity index (χ4v) is 1.93. The number of nitrogens with zero attached hydrogens (tertiary/aromatic N) is 1. The van der Waals surface area contributed by atoms with Crippen LogP contribution in [0.1, 0.15) is 44.0 Å². The van der Waals surface area contributed by atoms with E-state index in [9.17, 15) is 4.79 Å². The highest BCUT2D eigenvalue weighted by Crippen LogP contribution is 2.06. The highest BCUT2D eigenvalue weighted by atomic mass is 16.1. The minimum Gasteiger partial charge on any atom is -0.300 e. The second-order valence-corrected chi connectivity index (χ2v) is 4.67. The van der Waals surface area contributed by atoms with Gasteiger partial charge in [-0.1, -0.05) is 37.3 Å². The summed E-state index contributed by atoms with van der Waals surface area (Å²) in [6.07, 6.45) is 1.75. The number of benzene rings is 1. The maximum absolute atomic E-state index is 11.9. The van der Waals surface area contributed by atoms with Crippen molar-refractivity contribution in [2.75, 3.05) is 13.1 Å². The summed E-state index contributed by atoms with van der Waals surface area (Å²) in [6, 6.07) is 10.1. The molecule has 0 aliphatic heterocycles. The Morgan fingerprint density at radius 1 is 1.18 bits per heavy atom. The third kappa shape index (κ3) is 4.70. The van der Waals surface area contributed by atoms with Crippen molar-refractivity contribution in [3.05, 3.63) is 35.9 Å². The molecule has 0 heterocycles. The largest absolute Gasteiger partial charge is 0.300 e. The molecule has 0 aromatic heterocycles. The molecule has 2 nitrogen and oxygen atoms in total. The van der Waals surface area contributed by atoms with E-state index in [2.05, 4.69) is 25.7 Å². The predicted octanol–water partition coefficient (Wildman–Crippen LogP) is 3.38. The molecule has 0 radical (unpaired) electrons. The van der Waals surface area contributed by atoms with E-state index in [0.29, 0.717) is 12.5 Å². The van der Waals surface area contributed by atoms with Crippen LogP contribution in [0, 0.1) is 0 Å². The molecule has 94 valence electrons. The summed E-state index contributed by atoms with van der Waals surface area (Å²) in [5.41, 5.74) is 0.827. The van der Waals surface area contributed by atoms with Gasteiger partial charge in [0.25, 0.3) is 0 Å². The van der Waals surface area contributed by atoms with Crippen molar-refractivity contribution in [2.24, 2.45) is 0 Å². The Bertz CT molecular complexity index is 332. The summed E-state index contributed by atoms with van der Waals surface area (Å²) < 4.78 is 0. The second kappa shape index (κ2) is 7.23. The standard InChI is InChI=1S/C15H23NO/c1-4-11-16(13(2)3)12-10-15(17)14-8-6-5-7-9-14/h5-9,13H,4,10-12H2,1-3H3. The van der Waals surface area contributed by atoms with E-state index < -0.39 is 0 Å². The summed E-state index contributed by atoms with van der Waals surface area (Å²) in [7, 11) is 0. The fraction of sp³-hybridized carbons (Fsp3) is 0.533. The molecule has 0 atom stereocenters. The zero-order valence-corrected chi connectivity index (χ0v) is 11.1. The van der Waals surface area contributed by atoms with Crippen LogP contribution >= 0.6 is 0 Å². The van der Waals surface area contributed by atoms with E-state index in [1.165, 1.54) is 0 Å². The van der Waals surface area contributed by atoms with E-state index in [0.717, 1.165) is 25.1 Å². The van der Waals surface area contributed by atoms with Gasteiger partial charge in [-0.15, -0.1) is 0 Å². The first-order valence-electron chi connectivity index (χ1n) is 6.47. The van der Waals surface area contributed by atoms with Gasteiger partial charge in [0.2, 0.25) is 0 Å². The molecular formula is C15H23NO. The molecule has 1 aromatic rings. The molecule has 0 spiro atoms. The zero-order valence-electron chi connectivity index (χ0n) is 11.1. The molecule has 0 saturated heterocycles. The van der Waals surface area contributed by atoms with E-state index in [4.69, 9.17) is 0 Å². The summed E-state index contributed by atoms with van der Waals surface area (Å²) in [4.78, 5) is 14.3. The Hall–Kier alpha value is -1.15. The quantitative estimate of drug-likeness (QED) is 0.673. The Kier molecular flexibility index (Phi) is 5.92. The third-order valence-electron chi connectivity index (χ3n) is 2.96. The molecule has 0 N–H and O–H groups in total. The Morgan fingerprint density at radius 2 is 1.82 bits per heavy atom. The van der Waals surface area contributed by atoms with Crippen molar-refractivity contribution in [1.82, 2.24) is 4.90 Å². The lowest BCUT2D eigenvalue weighted by Gasteiger charge is -2.25. The number of carbonyl (C=O) groups is 1. The van der Waals surface area contributed by atoms with Crippen LogP contribution in [0.15, 0.2) is 30.3 Å². The first kappa shape index (κ1) is 13.9. The van der Waals surface area contributed by atoms with E-state index in [1.807, 2.05) is 30.3 Å². The van der Waals surface area contributed by atoms with Crippen LogP contribution in [0.2, 0.25) is 0 Å². The lowest BCUT2D eigenvalue weighted by Crippen LogP contribution is -2.33. The van der Waals surface area contributed by atoms with Crippen LogP contribution < -0.4 is 0 Å². The first-order valence-corrected chi connectivity index (χ1v) is 6.47. The maximum Gasteiger partial charge on any atom is 0.164 e. The number of rotatable bonds is 7. The minimum atomic E-state index is 0.243. The van der Waals surface area contributed by atoms with Crippen LogP contribution in [-0.2, 0) is 0 Å². The molecule has 2 heteroatoms. The lowest BCUT2D eigenvalue weighted by atomic mass is 10.1. The number of Topliss-reactive ketones (excluding diaryl/α,β-unsaturated/α-hetero) is 1. The van der Waals surface area contributed by atoms with Crippen molar-refractivity contribution < 1.29 is 4.79 Å². The minimum absolute atomic E-state index is 0.243. The van der Waals surface area contributed by atoms with Crippen molar-refractivity contribution in [1.29, 1.82) is 0 Å². The number of ketones is 1. The SMILES string of the molecule is CCCN(CCC(=O)c1ccccc1)C(C)C. The van der Waals surface area contributed by atoms with Gasteiger partial charge in [0.05, 0.1) is 0 Å². The van der Waals surface area contributed by atoms with E-state index in [-0.39, 0.29) is 5.78 Å². The van der Waals surface area contributed by atoms with Gasteiger partial charge in [-0.2, -0.15) is 0 Å². The summed E-state index contributed by atoms with van der Waals surface area (Å²) >= 11 is 0. The van der Waals surface area contributed by atoms with E-state index >= 15 is 0 Å². The molecule has 0 bridgehead atoms. The molecule has 0 saturated carbocycles. The highest BCUT2D eigenvalue weighted by Gasteiger charge is 2.11. The van der Waals surface area contributed by atoms with Crippen LogP contribution in [-0.4, -0.2) is 29.8 Å². The number of hydrogen-bond donors (Lipinski definition) is 0. The van der Waals surface area contributed by atoms with Crippen LogP contribution in [0.3, 0.4) is 0 Å². The molecule has 1 rings (SSSR count). The van der Waals surface area contributed by atoms with Crippen LogP contribution in [0.25, 0.3) is 0 Å². The predicted molar refractivity (Wildman–Crippen MR) is 72.4 cm³/mol. The molecule has 0 aliphatic carbocycles. The summed E-state index contributed by atoms with van der Waals surface area (Å²) in [5.74, 6) is 0.243. The fourth-order valence-electron chi connectivity index (χ4n) is 1.93. The number of carbonyl (C=O) groups excluding carboxylic acids is 1.